The average Bonchev–Trinajstić information content (AvgIpc) is 3.53. The van der Waals surface area contributed by atoms with Crippen LogP contribution >= 0.6 is 0 Å². The molecule has 0 bridgehead atoms. The molecule has 0 unspecified atom stereocenters. The summed E-state index contributed by atoms with van der Waals surface area (Å²) < 4.78 is 7.55. The van der Waals surface area contributed by atoms with Gasteiger partial charge in [0, 0.05) is 30.9 Å². The van der Waals surface area contributed by atoms with Gasteiger partial charge in [-0.3, -0.25) is 24.3 Å². The van der Waals surface area contributed by atoms with Crippen molar-refractivity contribution in [3.05, 3.63) is 77.9 Å². The first kappa shape index (κ1) is 23.9. The molecule has 9 heteroatoms. The van der Waals surface area contributed by atoms with Gasteiger partial charge in [0.15, 0.2) is 5.82 Å². The molecule has 9 nitrogen and oxygen atoms in total. The SMILES string of the molecule is CC(=O)N(Cc1ccc(-c2ccccn2)nc1)c1nc2occc2c(-c2c(C)cnn2C(C)C)c1C#N. The molecule has 184 valence electrons. The zero-order valence-corrected chi connectivity index (χ0v) is 21.0. The highest BCUT2D eigenvalue weighted by Crippen LogP contribution is 2.39. The average molecular weight is 492 g/mol. The van der Waals surface area contributed by atoms with Crippen molar-refractivity contribution >= 4 is 22.8 Å². The van der Waals surface area contributed by atoms with E-state index >= 15 is 0 Å². The molecule has 5 heterocycles. The maximum atomic E-state index is 12.9. The van der Waals surface area contributed by atoms with Crippen molar-refractivity contribution in [2.24, 2.45) is 0 Å². The van der Waals surface area contributed by atoms with E-state index in [0.717, 1.165) is 28.2 Å². The highest BCUT2D eigenvalue weighted by Gasteiger charge is 2.27. The fourth-order valence-electron chi connectivity index (χ4n) is 4.38. The second kappa shape index (κ2) is 9.66. The first-order chi connectivity index (χ1) is 17.9. The Hall–Kier alpha value is -4.84. The van der Waals surface area contributed by atoms with E-state index in [1.165, 1.54) is 18.1 Å². The zero-order valence-electron chi connectivity index (χ0n) is 21.0. The largest absolute Gasteiger partial charge is 0.446 e. The van der Waals surface area contributed by atoms with E-state index in [1.54, 1.807) is 24.7 Å². The molecule has 0 aliphatic heterocycles. The summed E-state index contributed by atoms with van der Waals surface area (Å²) in [5, 5.41) is 15.6. The number of nitrogens with zero attached hydrogens (tertiary/aromatic N) is 7. The number of hydrogen-bond acceptors (Lipinski definition) is 7. The van der Waals surface area contributed by atoms with Gasteiger partial charge in [-0.2, -0.15) is 15.3 Å². The predicted molar refractivity (Wildman–Crippen MR) is 139 cm³/mol. The topological polar surface area (TPSA) is 114 Å². The molecule has 5 aromatic heterocycles. The Labute approximate surface area is 214 Å². The summed E-state index contributed by atoms with van der Waals surface area (Å²) in [5.41, 5.74) is 5.25. The van der Waals surface area contributed by atoms with Crippen LogP contribution < -0.4 is 4.90 Å². The monoisotopic (exact) mass is 491 g/mol. The molecule has 0 radical (unpaired) electrons. The molecule has 0 N–H and O–H groups in total. The minimum atomic E-state index is -0.260. The van der Waals surface area contributed by atoms with Gasteiger partial charge in [0.1, 0.15) is 11.6 Å². The second-order valence-electron chi connectivity index (χ2n) is 9.02. The van der Waals surface area contributed by atoms with Crippen LogP contribution in [0.5, 0.6) is 0 Å². The van der Waals surface area contributed by atoms with E-state index in [9.17, 15) is 10.1 Å². The van der Waals surface area contributed by atoms with Gasteiger partial charge < -0.3 is 4.42 Å². The highest BCUT2D eigenvalue weighted by molar-refractivity contribution is 6.01. The molecule has 5 aromatic rings. The third kappa shape index (κ3) is 4.34. The third-order valence-corrected chi connectivity index (χ3v) is 6.14. The predicted octanol–water partition coefficient (Wildman–Crippen LogP) is 5.46. The van der Waals surface area contributed by atoms with Gasteiger partial charge in [0.05, 0.1) is 41.5 Å². The van der Waals surface area contributed by atoms with Crippen molar-refractivity contribution in [1.82, 2.24) is 24.7 Å². The minimum absolute atomic E-state index is 0.0569. The summed E-state index contributed by atoms with van der Waals surface area (Å²) in [6.07, 6.45) is 6.74. The second-order valence-corrected chi connectivity index (χ2v) is 9.02. The van der Waals surface area contributed by atoms with Gasteiger partial charge in [0.25, 0.3) is 0 Å². The van der Waals surface area contributed by atoms with Gasteiger partial charge in [-0.1, -0.05) is 12.1 Å². The minimum Gasteiger partial charge on any atom is -0.446 e. The molecule has 0 saturated carbocycles. The van der Waals surface area contributed by atoms with Crippen LogP contribution in [0.1, 0.15) is 43.5 Å². The third-order valence-electron chi connectivity index (χ3n) is 6.14. The van der Waals surface area contributed by atoms with E-state index < -0.39 is 0 Å². The van der Waals surface area contributed by atoms with E-state index in [-0.39, 0.29) is 29.9 Å². The lowest BCUT2D eigenvalue weighted by molar-refractivity contribution is -0.116. The number of amides is 1. The number of aryl methyl sites for hydroxylation is 1. The summed E-state index contributed by atoms with van der Waals surface area (Å²) in [6, 6.07) is 13.6. The molecular weight excluding hydrogens is 466 g/mol. The number of rotatable bonds is 6. The lowest BCUT2D eigenvalue weighted by Gasteiger charge is -2.23. The highest BCUT2D eigenvalue weighted by atomic mass is 16.3. The van der Waals surface area contributed by atoms with Gasteiger partial charge in [0.2, 0.25) is 11.6 Å². The summed E-state index contributed by atoms with van der Waals surface area (Å²) in [6.45, 7) is 7.64. The van der Waals surface area contributed by atoms with Gasteiger partial charge >= 0.3 is 0 Å². The normalized spacial score (nSPS) is 11.1. The summed E-state index contributed by atoms with van der Waals surface area (Å²) in [4.78, 5) is 27.9. The first-order valence-electron chi connectivity index (χ1n) is 11.9. The van der Waals surface area contributed by atoms with Crippen LogP contribution in [0, 0.1) is 18.3 Å². The van der Waals surface area contributed by atoms with Crippen molar-refractivity contribution in [2.75, 3.05) is 4.90 Å². The molecule has 0 saturated heterocycles. The number of anilines is 1. The van der Waals surface area contributed by atoms with Crippen molar-refractivity contribution in [3.63, 3.8) is 0 Å². The number of furan rings is 1. The molecule has 0 atom stereocenters. The van der Waals surface area contributed by atoms with Crippen molar-refractivity contribution < 1.29 is 9.21 Å². The van der Waals surface area contributed by atoms with E-state index in [4.69, 9.17) is 4.42 Å². The fourth-order valence-corrected chi connectivity index (χ4v) is 4.38. The Kier molecular flexibility index (Phi) is 6.24. The van der Waals surface area contributed by atoms with Crippen molar-refractivity contribution in [2.45, 2.75) is 40.3 Å². The number of hydrogen-bond donors (Lipinski definition) is 0. The van der Waals surface area contributed by atoms with Gasteiger partial charge in [-0.15, -0.1) is 0 Å². The smallest absolute Gasteiger partial charge is 0.228 e. The van der Waals surface area contributed by atoms with Crippen LogP contribution in [0.2, 0.25) is 0 Å². The van der Waals surface area contributed by atoms with Crippen LogP contribution in [0.4, 0.5) is 5.82 Å². The molecule has 1 amide bonds. The molecule has 0 spiro atoms. The van der Waals surface area contributed by atoms with E-state index in [0.29, 0.717) is 16.7 Å². The summed E-state index contributed by atoms with van der Waals surface area (Å²) in [7, 11) is 0. The number of carbonyl (C=O) groups excluding carboxylic acids is 1. The quantitative estimate of drug-likeness (QED) is 0.310. The number of fused-ring (bicyclic) bond motifs is 1. The lowest BCUT2D eigenvalue weighted by Crippen LogP contribution is -2.30. The van der Waals surface area contributed by atoms with E-state index in [2.05, 4.69) is 26.1 Å². The summed E-state index contributed by atoms with van der Waals surface area (Å²) in [5.74, 6) is -0.0269. The Balaban J connectivity index is 1.63. The van der Waals surface area contributed by atoms with Crippen LogP contribution in [-0.4, -0.2) is 30.6 Å². The van der Waals surface area contributed by atoms with E-state index in [1.807, 2.05) is 55.8 Å². The van der Waals surface area contributed by atoms with Crippen molar-refractivity contribution in [1.29, 1.82) is 5.26 Å². The van der Waals surface area contributed by atoms with Gasteiger partial charge in [-0.05, 0) is 56.2 Å². The molecule has 0 aliphatic rings. The summed E-state index contributed by atoms with van der Waals surface area (Å²) >= 11 is 0. The Morgan fingerprint density at radius 3 is 2.59 bits per heavy atom. The molecule has 37 heavy (non-hydrogen) atoms. The van der Waals surface area contributed by atoms with Crippen LogP contribution in [0.25, 0.3) is 33.7 Å². The van der Waals surface area contributed by atoms with Crippen molar-refractivity contribution in [3.8, 4) is 28.7 Å². The first-order valence-corrected chi connectivity index (χ1v) is 11.9. The maximum Gasteiger partial charge on any atom is 0.228 e. The Bertz CT molecular complexity index is 1630. The standard InChI is InChI=1S/C28H25N7O2/c1-17(2)35-26(18(3)14-32-35)25-21-10-12-37-28(21)33-27(22(25)13-29)34(19(4)36)16-20-8-9-24(31-15-20)23-7-5-6-11-30-23/h5-12,14-15,17H,16H2,1-4H3. The Morgan fingerprint density at radius 1 is 1.14 bits per heavy atom. The molecule has 5 rings (SSSR count). The lowest BCUT2D eigenvalue weighted by atomic mass is 9.99. The molecule has 0 aliphatic carbocycles. The Morgan fingerprint density at radius 2 is 1.95 bits per heavy atom. The van der Waals surface area contributed by atoms with Crippen LogP contribution in [-0.2, 0) is 11.3 Å². The maximum absolute atomic E-state index is 12.9. The van der Waals surface area contributed by atoms with Crippen LogP contribution in [0.3, 0.4) is 0 Å². The van der Waals surface area contributed by atoms with Crippen LogP contribution in [0.15, 0.2) is 65.7 Å². The number of pyridine rings is 3. The van der Waals surface area contributed by atoms with Gasteiger partial charge in [-0.25, -0.2) is 0 Å². The zero-order chi connectivity index (χ0) is 26.1. The number of carbonyl (C=O) groups is 1. The number of nitriles is 1. The fraction of sp³-hybridized carbons (Fsp3) is 0.214. The molecule has 0 aromatic carbocycles. The molecule has 0 fully saturated rings. The number of aromatic nitrogens is 5. The molecular formula is C28H25N7O2.